The SMILES string of the molecule is COc1cc2c(cc1OC)CC(C(C(=O)OCc1cccc(Oc3ccccc3)c1)C(C)C)=C2. The summed E-state index contributed by atoms with van der Waals surface area (Å²) in [6, 6.07) is 21.2. The molecule has 0 aliphatic heterocycles. The van der Waals surface area contributed by atoms with Crippen molar-refractivity contribution in [1.29, 1.82) is 0 Å². The van der Waals surface area contributed by atoms with Crippen molar-refractivity contribution >= 4 is 12.0 Å². The van der Waals surface area contributed by atoms with Crippen LogP contribution in [0.5, 0.6) is 23.0 Å². The summed E-state index contributed by atoms with van der Waals surface area (Å²) in [4.78, 5) is 13.2. The minimum absolute atomic E-state index is 0.101. The van der Waals surface area contributed by atoms with E-state index >= 15 is 0 Å². The van der Waals surface area contributed by atoms with Crippen LogP contribution in [0.1, 0.15) is 30.5 Å². The molecule has 5 heteroatoms. The van der Waals surface area contributed by atoms with Gasteiger partial charge in [-0.3, -0.25) is 4.79 Å². The molecule has 0 heterocycles. The van der Waals surface area contributed by atoms with Gasteiger partial charge in [0, 0.05) is 0 Å². The summed E-state index contributed by atoms with van der Waals surface area (Å²) in [5.41, 5.74) is 4.10. The van der Waals surface area contributed by atoms with Crippen LogP contribution in [0.4, 0.5) is 0 Å². The fourth-order valence-corrected chi connectivity index (χ4v) is 4.31. The number of benzene rings is 3. The van der Waals surface area contributed by atoms with Gasteiger partial charge in [0.25, 0.3) is 0 Å². The maximum atomic E-state index is 13.2. The second kappa shape index (κ2) is 10.5. The Morgan fingerprint density at radius 1 is 0.882 bits per heavy atom. The van der Waals surface area contributed by atoms with Gasteiger partial charge in [-0.05, 0) is 65.4 Å². The largest absolute Gasteiger partial charge is 0.493 e. The summed E-state index contributed by atoms with van der Waals surface area (Å²) in [7, 11) is 3.25. The Hall–Kier alpha value is -3.73. The lowest BCUT2D eigenvalue weighted by Crippen LogP contribution is -2.25. The molecule has 3 aromatic carbocycles. The molecule has 0 amide bonds. The Kier molecular flexibility index (Phi) is 7.21. The second-order valence-corrected chi connectivity index (χ2v) is 8.69. The molecule has 0 saturated carbocycles. The van der Waals surface area contributed by atoms with E-state index in [1.54, 1.807) is 14.2 Å². The van der Waals surface area contributed by atoms with Crippen molar-refractivity contribution in [3.8, 4) is 23.0 Å². The number of ether oxygens (including phenoxy) is 4. The number of hydrogen-bond donors (Lipinski definition) is 0. The molecular formula is C29H30O5. The molecule has 0 radical (unpaired) electrons. The first kappa shape index (κ1) is 23.4. The molecule has 34 heavy (non-hydrogen) atoms. The fourth-order valence-electron chi connectivity index (χ4n) is 4.31. The maximum Gasteiger partial charge on any atom is 0.313 e. The molecular weight excluding hydrogens is 428 g/mol. The molecule has 0 saturated heterocycles. The Bertz CT molecular complexity index is 1180. The molecule has 0 fully saturated rings. The van der Waals surface area contributed by atoms with Gasteiger partial charge in [0.1, 0.15) is 18.1 Å². The normalized spacial score (nSPS) is 13.1. The smallest absolute Gasteiger partial charge is 0.313 e. The van der Waals surface area contributed by atoms with Crippen molar-refractivity contribution < 1.29 is 23.7 Å². The van der Waals surface area contributed by atoms with E-state index in [0.717, 1.165) is 28.0 Å². The predicted octanol–water partition coefficient (Wildman–Crippen LogP) is 6.45. The van der Waals surface area contributed by atoms with Gasteiger partial charge in [0.2, 0.25) is 0 Å². The topological polar surface area (TPSA) is 54.0 Å². The van der Waals surface area contributed by atoms with Crippen LogP contribution in [0.2, 0.25) is 0 Å². The van der Waals surface area contributed by atoms with Gasteiger partial charge in [-0.25, -0.2) is 0 Å². The molecule has 0 aromatic heterocycles. The first-order chi connectivity index (χ1) is 16.5. The minimum Gasteiger partial charge on any atom is -0.493 e. The van der Waals surface area contributed by atoms with Crippen LogP contribution in [-0.4, -0.2) is 20.2 Å². The summed E-state index contributed by atoms with van der Waals surface area (Å²) in [6.45, 7) is 4.28. The molecule has 0 spiro atoms. The van der Waals surface area contributed by atoms with E-state index in [2.05, 4.69) is 6.08 Å². The molecule has 176 valence electrons. The Morgan fingerprint density at radius 2 is 1.59 bits per heavy atom. The van der Waals surface area contributed by atoms with Crippen molar-refractivity contribution in [1.82, 2.24) is 0 Å². The zero-order valence-electron chi connectivity index (χ0n) is 20.0. The van der Waals surface area contributed by atoms with Gasteiger partial charge in [0.05, 0.1) is 20.1 Å². The van der Waals surface area contributed by atoms with Crippen molar-refractivity contribution in [3.63, 3.8) is 0 Å². The third-order valence-electron chi connectivity index (χ3n) is 5.96. The predicted molar refractivity (Wildman–Crippen MR) is 132 cm³/mol. The van der Waals surface area contributed by atoms with Gasteiger partial charge in [-0.2, -0.15) is 0 Å². The molecule has 3 aromatic rings. The van der Waals surface area contributed by atoms with Crippen molar-refractivity contribution in [2.24, 2.45) is 11.8 Å². The van der Waals surface area contributed by atoms with E-state index in [4.69, 9.17) is 18.9 Å². The van der Waals surface area contributed by atoms with E-state index in [0.29, 0.717) is 23.7 Å². The molecule has 1 atom stereocenters. The lowest BCUT2D eigenvalue weighted by atomic mass is 9.87. The van der Waals surface area contributed by atoms with Crippen LogP contribution in [0, 0.1) is 11.8 Å². The van der Waals surface area contributed by atoms with E-state index in [1.807, 2.05) is 80.6 Å². The van der Waals surface area contributed by atoms with Crippen LogP contribution >= 0.6 is 0 Å². The van der Waals surface area contributed by atoms with Gasteiger partial charge in [0.15, 0.2) is 11.5 Å². The summed E-state index contributed by atoms with van der Waals surface area (Å²) in [5, 5.41) is 0. The number of rotatable bonds is 9. The van der Waals surface area contributed by atoms with Crippen molar-refractivity contribution in [2.75, 3.05) is 14.2 Å². The lowest BCUT2D eigenvalue weighted by molar-refractivity contribution is -0.149. The molecule has 1 aliphatic rings. The fraction of sp³-hybridized carbons (Fsp3) is 0.276. The number of hydrogen-bond acceptors (Lipinski definition) is 5. The summed E-state index contributed by atoms with van der Waals surface area (Å²) >= 11 is 0. The number of para-hydroxylation sites is 1. The average molecular weight is 459 g/mol. The van der Waals surface area contributed by atoms with Crippen LogP contribution in [0.25, 0.3) is 6.08 Å². The Morgan fingerprint density at radius 3 is 2.29 bits per heavy atom. The van der Waals surface area contributed by atoms with Gasteiger partial charge < -0.3 is 18.9 Å². The summed E-state index contributed by atoms with van der Waals surface area (Å²) in [5.74, 6) is 2.40. The monoisotopic (exact) mass is 458 g/mol. The molecule has 1 aliphatic carbocycles. The van der Waals surface area contributed by atoms with Gasteiger partial charge in [-0.1, -0.05) is 55.8 Å². The second-order valence-electron chi connectivity index (χ2n) is 8.69. The third-order valence-corrected chi connectivity index (χ3v) is 5.96. The number of methoxy groups -OCH3 is 2. The number of esters is 1. The Labute approximate surface area is 200 Å². The van der Waals surface area contributed by atoms with E-state index in [1.165, 1.54) is 0 Å². The highest BCUT2D eigenvalue weighted by molar-refractivity contribution is 5.81. The highest BCUT2D eigenvalue weighted by Crippen LogP contribution is 2.39. The average Bonchev–Trinajstić information content (AvgIpc) is 3.24. The van der Waals surface area contributed by atoms with Crippen molar-refractivity contribution in [3.05, 3.63) is 89.0 Å². The zero-order chi connectivity index (χ0) is 24.1. The zero-order valence-corrected chi connectivity index (χ0v) is 20.0. The number of carbonyl (C=O) groups is 1. The third kappa shape index (κ3) is 5.25. The number of fused-ring (bicyclic) bond motifs is 1. The van der Waals surface area contributed by atoms with Gasteiger partial charge in [-0.15, -0.1) is 0 Å². The molecule has 1 unspecified atom stereocenters. The highest BCUT2D eigenvalue weighted by atomic mass is 16.5. The quantitative estimate of drug-likeness (QED) is 0.345. The van der Waals surface area contributed by atoms with E-state index < -0.39 is 0 Å². The first-order valence-corrected chi connectivity index (χ1v) is 11.4. The molecule has 0 N–H and O–H groups in total. The first-order valence-electron chi connectivity index (χ1n) is 11.4. The molecule has 4 rings (SSSR count). The number of carbonyl (C=O) groups excluding carboxylic acids is 1. The van der Waals surface area contributed by atoms with E-state index in [9.17, 15) is 4.79 Å². The van der Waals surface area contributed by atoms with Crippen LogP contribution in [0.3, 0.4) is 0 Å². The van der Waals surface area contributed by atoms with Crippen LogP contribution in [-0.2, 0) is 22.6 Å². The summed E-state index contributed by atoms with van der Waals surface area (Å²) in [6.07, 6.45) is 2.77. The highest BCUT2D eigenvalue weighted by Gasteiger charge is 2.31. The van der Waals surface area contributed by atoms with Crippen LogP contribution < -0.4 is 14.2 Å². The summed E-state index contributed by atoms with van der Waals surface area (Å²) < 4.78 is 22.5. The van der Waals surface area contributed by atoms with E-state index in [-0.39, 0.29) is 24.4 Å². The lowest BCUT2D eigenvalue weighted by Gasteiger charge is -2.21. The standard InChI is InChI=1S/C29H30O5/c1-19(2)28(23-14-21-16-26(31-3)27(32-4)17-22(21)15-23)29(30)33-18-20-9-8-12-25(13-20)34-24-10-6-5-7-11-24/h5-14,16-17,19,28H,15,18H2,1-4H3. The molecule has 0 bridgehead atoms. The maximum absolute atomic E-state index is 13.2. The van der Waals surface area contributed by atoms with Gasteiger partial charge >= 0.3 is 5.97 Å². The molecule has 5 nitrogen and oxygen atoms in total. The Balaban J connectivity index is 1.44. The van der Waals surface area contributed by atoms with Crippen LogP contribution in [0.15, 0.2) is 72.3 Å². The van der Waals surface area contributed by atoms with Crippen molar-refractivity contribution in [2.45, 2.75) is 26.9 Å². The minimum atomic E-state index is -0.326.